The van der Waals surface area contributed by atoms with Gasteiger partial charge >= 0.3 is 6.09 Å². The van der Waals surface area contributed by atoms with Crippen LogP contribution in [0, 0.1) is 5.82 Å². The number of aromatic nitrogens is 2. The molecule has 15 heteroatoms. The van der Waals surface area contributed by atoms with E-state index in [0.29, 0.717) is 5.69 Å². The van der Waals surface area contributed by atoms with Crippen LogP contribution in [0.15, 0.2) is 97.2 Å². The predicted octanol–water partition coefficient (Wildman–Crippen LogP) is 4.41. The number of carbonyl (C=O) groups excluding carboxylic acids is 6. The minimum Gasteiger partial charge on any atom is -0.449 e. The lowest BCUT2D eigenvalue weighted by molar-refractivity contribution is -0.136. The zero-order valence-electron chi connectivity index (χ0n) is 31.0. The molecule has 1 atom stereocenters. The molecule has 6 amide bonds. The van der Waals surface area contributed by atoms with E-state index in [0.717, 1.165) is 38.8 Å². The lowest BCUT2D eigenvalue weighted by Gasteiger charge is -2.36. The number of nitrogens with zero attached hydrogens (tertiary/aromatic N) is 5. The summed E-state index contributed by atoms with van der Waals surface area (Å²) in [6.45, 7) is 1.41. The third-order valence-electron chi connectivity index (χ3n) is 11.2. The van der Waals surface area contributed by atoms with Crippen LogP contribution in [0.2, 0.25) is 0 Å². The summed E-state index contributed by atoms with van der Waals surface area (Å²) in [6.07, 6.45) is 1.12. The highest BCUT2D eigenvalue weighted by Gasteiger charge is 2.45. The number of benzene rings is 4. The highest BCUT2D eigenvalue weighted by Crippen LogP contribution is 2.44. The number of imide groups is 2. The van der Waals surface area contributed by atoms with Crippen molar-refractivity contribution in [3.8, 4) is 16.8 Å². The summed E-state index contributed by atoms with van der Waals surface area (Å²) in [5.74, 6) is -3.80. The molecule has 4 heterocycles. The number of alkyl carbamates (subject to hydrolysis) is 1. The minimum absolute atomic E-state index is 0.00468. The number of piperazine rings is 1. The number of hydrogen-bond acceptors (Lipinski definition) is 9. The van der Waals surface area contributed by atoms with Crippen molar-refractivity contribution in [1.29, 1.82) is 0 Å². The Balaban J connectivity index is 0.793. The van der Waals surface area contributed by atoms with Gasteiger partial charge < -0.3 is 19.9 Å². The van der Waals surface area contributed by atoms with Crippen molar-refractivity contribution in [3.05, 3.63) is 137 Å². The number of fused-ring (bicyclic) bond motifs is 4. The Bertz CT molecular complexity index is 2500. The maximum atomic E-state index is 15.4. The smallest absolute Gasteiger partial charge is 0.407 e. The van der Waals surface area contributed by atoms with Crippen molar-refractivity contribution in [3.63, 3.8) is 0 Å². The molecule has 5 aromatic rings. The van der Waals surface area contributed by atoms with Crippen LogP contribution in [0.4, 0.5) is 14.9 Å². The first-order valence-electron chi connectivity index (χ1n) is 19.0. The topological polar surface area (TPSA) is 163 Å². The molecule has 2 saturated heterocycles. The van der Waals surface area contributed by atoms with Crippen LogP contribution in [-0.2, 0) is 20.9 Å². The number of amides is 6. The van der Waals surface area contributed by atoms with Crippen molar-refractivity contribution in [2.45, 2.75) is 31.3 Å². The maximum Gasteiger partial charge on any atom is 0.407 e. The van der Waals surface area contributed by atoms with Crippen LogP contribution in [0.5, 0.6) is 0 Å². The van der Waals surface area contributed by atoms with E-state index in [2.05, 4.69) is 40.0 Å². The molecule has 2 fully saturated rings. The molecule has 4 aromatic carbocycles. The first-order chi connectivity index (χ1) is 28.1. The molecular weight excluding hydrogens is 746 g/mol. The van der Waals surface area contributed by atoms with E-state index in [1.807, 2.05) is 48.5 Å². The summed E-state index contributed by atoms with van der Waals surface area (Å²) >= 11 is 0. The van der Waals surface area contributed by atoms with Crippen LogP contribution < -0.4 is 15.5 Å². The maximum absolute atomic E-state index is 15.4. The van der Waals surface area contributed by atoms with Gasteiger partial charge in [0.25, 0.3) is 17.7 Å². The van der Waals surface area contributed by atoms with E-state index >= 15 is 4.39 Å². The van der Waals surface area contributed by atoms with Gasteiger partial charge in [-0.2, -0.15) is 5.10 Å². The average molecular weight is 782 g/mol. The number of ether oxygens (including phenoxy) is 1. The van der Waals surface area contributed by atoms with Gasteiger partial charge in [0.1, 0.15) is 18.5 Å². The molecule has 0 saturated carbocycles. The summed E-state index contributed by atoms with van der Waals surface area (Å²) in [6, 6.07) is 26.5. The number of piperidine rings is 1. The first-order valence-corrected chi connectivity index (χ1v) is 19.0. The SMILES string of the molecule is O=C1CCC(N2C(=O)c3cc(F)c(N4CCN(C(=O)c5ccn(-c6cccc(CNC(=O)OCC7c8ccccc8-c8ccccc87)c6)n5)CC4)cc3C2=O)C(=O)N1. The summed E-state index contributed by atoms with van der Waals surface area (Å²) in [5, 5.41) is 9.50. The Morgan fingerprint density at radius 1 is 0.810 bits per heavy atom. The molecule has 1 unspecified atom stereocenters. The molecular formula is C43H36FN7O7. The van der Waals surface area contributed by atoms with Gasteiger partial charge in [0.05, 0.1) is 22.5 Å². The molecule has 2 N–H and O–H groups in total. The summed E-state index contributed by atoms with van der Waals surface area (Å²) < 4.78 is 22.7. The van der Waals surface area contributed by atoms with E-state index in [1.54, 1.807) is 26.7 Å². The third-order valence-corrected chi connectivity index (χ3v) is 11.2. The Hall–Kier alpha value is -7.16. The standard InChI is InChI=1S/C43H36FN7O7/c44-34-21-31-32(41(55)51(40(31)54)36-12-13-38(52)46-39(36)53)22-37(34)48-16-18-49(19-17-48)42(56)35-14-15-50(47-35)26-7-5-6-25(20-26)23-45-43(57)58-24-33-29-10-3-1-8-27(29)28-9-2-4-11-30(28)33/h1-11,14-15,20-22,33,36H,12-13,16-19,23-24H2,(H,45,57)(H,46,52,53). The van der Waals surface area contributed by atoms with Gasteiger partial charge in [-0.25, -0.2) is 13.9 Å². The molecule has 0 radical (unpaired) electrons. The monoisotopic (exact) mass is 781 g/mol. The van der Waals surface area contributed by atoms with Crippen LogP contribution in [0.25, 0.3) is 16.8 Å². The Kier molecular flexibility index (Phi) is 9.26. The number of hydrogen-bond donors (Lipinski definition) is 2. The number of carbonyl (C=O) groups is 6. The highest BCUT2D eigenvalue weighted by molar-refractivity contribution is 6.23. The Morgan fingerprint density at radius 3 is 2.21 bits per heavy atom. The van der Waals surface area contributed by atoms with E-state index in [1.165, 1.54) is 6.07 Å². The zero-order valence-corrected chi connectivity index (χ0v) is 31.0. The largest absolute Gasteiger partial charge is 0.449 e. The number of nitrogens with one attached hydrogen (secondary N) is 2. The fourth-order valence-corrected chi connectivity index (χ4v) is 8.25. The second kappa shape index (κ2) is 14.7. The van der Waals surface area contributed by atoms with Crippen molar-refractivity contribution in [1.82, 2.24) is 30.2 Å². The van der Waals surface area contributed by atoms with E-state index in [9.17, 15) is 28.8 Å². The summed E-state index contributed by atoms with van der Waals surface area (Å²) in [7, 11) is 0. The molecule has 0 bridgehead atoms. The first kappa shape index (κ1) is 36.5. The van der Waals surface area contributed by atoms with Crippen molar-refractivity contribution in [2.24, 2.45) is 0 Å². The van der Waals surface area contributed by atoms with E-state index in [4.69, 9.17) is 4.74 Å². The fraction of sp³-hybridized carbons (Fsp3) is 0.233. The molecule has 14 nitrogen and oxygen atoms in total. The number of halogens is 1. The molecule has 1 aliphatic carbocycles. The second-order valence-electron chi connectivity index (χ2n) is 14.6. The Labute approximate surface area is 331 Å². The number of rotatable bonds is 8. The molecule has 9 rings (SSSR count). The van der Waals surface area contributed by atoms with Gasteiger partial charge in [0.2, 0.25) is 11.8 Å². The average Bonchev–Trinajstić information content (AvgIpc) is 3.92. The van der Waals surface area contributed by atoms with Gasteiger partial charge in [0, 0.05) is 51.3 Å². The number of anilines is 1. The fourth-order valence-electron chi connectivity index (χ4n) is 8.25. The quantitative estimate of drug-likeness (QED) is 0.217. The lowest BCUT2D eigenvalue weighted by atomic mass is 9.98. The van der Waals surface area contributed by atoms with E-state index in [-0.39, 0.29) is 86.5 Å². The molecule has 4 aliphatic rings. The second-order valence-corrected chi connectivity index (χ2v) is 14.6. The van der Waals surface area contributed by atoms with Gasteiger partial charge in [0.15, 0.2) is 5.69 Å². The molecule has 0 spiro atoms. The zero-order chi connectivity index (χ0) is 40.1. The van der Waals surface area contributed by atoms with Crippen molar-refractivity contribution >= 4 is 41.3 Å². The molecule has 1 aromatic heterocycles. The lowest BCUT2D eigenvalue weighted by Crippen LogP contribution is -2.54. The Morgan fingerprint density at radius 2 is 1.50 bits per heavy atom. The minimum atomic E-state index is -1.16. The van der Waals surface area contributed by atoms with Gasteiger partial charge in [-0.05, 0) is 64.6 Å². The van der Waals surface area contributed by atoms with Crippen LogP contribution in [-0.4, -0.2) is 94.0 Å². The van der Waals surface area contributed by atoms with Crippen molar-refractivity contribution in [2.75, 3.05) is 37.7 Å². The van der Waals surface area contributed by atoms with Gasteiger partial charge in [-0.3, -0.25) is 34.2 Å². The van der Waals surface area contributed by atoms with E-state index < -0.39 is 41.6 Å². The van der Waals surface area contributed by atoms with Crippen LogP contribution in [0.1, 0.15) is 66.7 Å². The molecule has 292 valence electrons. The highest BCUT2D eigenvalue weighted by atomic mass is 19.1. The normalized spacial score (nSPS) is 17.5. The predicted molar refractivity (Wildman–Crippen MR) is 207 cm³/mol. The van der Waals surface area contributed by atoms with Crippen LogP contribution >= 0.6 is 0 Å². The van der Waals surface area contributed by atoms with Gasteiger partial charge in [-0.15, -0.1) is 0 Å². The summed E-state index contributed by atoms with van der Waals surface area (Å²) in [5.41, 5.74) is 6.23. The molecule has 3 aliphatic heterocycles. The van der Waals surface area contributed by atoms with Crippen molar-refractivity contribution < 1.29 is 37.9 Å². The van der Waals surface area contributed by atoms with Gasteiger partial charge in [-0.1, -0.05) is 60.7 Å². The van der Waals surface area contributed by atoms with Crippen LogP contribution in [0.3, 0.4) is 0 Å². The summed E-state index contributed by atoms with van der Waals surface area (Å²) in [4.78, 5) is 80.8. The molecule has 58 heavy (non-hydrogen) atoms. The third kappa shape index (κ3) is 6.53.